The number of hydrogen-bond donors (Lipinski definition) is 1. The van der Waals surface area contributed by atoms with Gasteiger partial charge in [-0.05, 0) is 34.1 Å². The van der Waals surface area contributed by atoms with Gasteiger partial charge in [-0.25, -0.2) is 0 Å². The molecule has 102 valence electrons. The molecular formula is C14H11Br2N3S. The van der Waals surface area contributed by atoms with Crippen LogP contribution in [0, 0.1) is 0 Å². The lowest BCUT2D eigenvalue weighted by Crippen LogP contribution is -1.98. The Hall–Kier alpha value is -1.11. The highest BCUT2D eigenvalue weighted by atomic mass is 79.9. The van der Waals surface area contributed by atoms with Gasteiger partial charge < -0.3 is 5.73 Å². The van der Waals surface area contributed by atoms with E-state index in [-0.39, 0.29) is 0 Å². The zero-order valence-corrected chi connectivity index (χ0v) is 14.6. The molecule has 0 saturated heterocycles. The predicted octanol–water partition coefficient (Wildman–Crippen LogP) is 4.92. The normalized spacial score (nSPS) is 10.9. The maximum absolute atomic E-state index is 6.22. The van der Waals surface area contributed by atoms with Gasteiger partial charge in [-0.2, -0.15) is 5.10 Å². The van der Waals surface area contributed by atoms with E-state index in [0.29, 0.717) is 5.82 Å². The van der Waals surface area contributed by atoms with Crippen LogP contribution in [0.2, 0.25) is 0 Å². The van der Waals surface area contributed by atoms with Gasteiger partial charge >= 0.3 is 0 Å². The van der Waals surface area contributed by atoms with Crippen molar-refractivity contribution in [1.82, 2.24) is 9.78 Å². The fourth-order valence-electron chi connectivity index (χ4n) is 2.08. The Bertz CT molecular complexity index is 777. The summed E-state index contributed by atoms with van der Waals surface area (Å²) >= 11 is 8.73. The molecule has 0 aliphatic heterocycles. The molecule has 0 unspecified atom stereocenters. The van der Waals surface area contributed by atoms with Crippen LogP contribution in [0.5, 0.6) is 0 Å². The van der Waals surface area contributed by atoms with Crippen molar-refractivity contribution in [3.8, 4) is 21.7 Å². The molecule has 3 nitrogen and oxygen atoms in total. The minimum atomic E-state index is 0.663. The summed E-state index contributed by atoms with van der Waals surface area (Å²) < 4.78 is 3.81. The first kappa shape index (κ1) is 13.9. The number of halogens is 2. The molecule has 3 aromatic rings. The Morgan fingerprint density at radius 1 is 1.15 bits per heavy atom. The molecule has 0 aliphatic carbocycles. The van der Waals surface area contributed by atoms with E-state index < -0.39 is 0 Å². The molecule has 0 saturated carbocycles. The fraction of sp³-hybridized carbons (Fsp3) is 0.0714. The van der Waals surface area contributed by atoms with Crippen molar-refractivity contribution in [1.29, 1.82) is 0 Å². The Morgan fingerprint density at radius 3 is 2.55 bits per heavy atom. The molecule has 6 heteroatoms. The van der Waals surface area contributed by atoms with Crippen LogP contribution in [-0.4, -0.2) is 9.78 Å². The Morgan fingerprint density at radius 2 is 1.90 bits per heavy atom. The van der Waals surface area contributed by atoms with Gasteiger partial charge in [-0.1, -0.05) is 34.1 Å². The van der Waals surface area contributed by atoms with Crippen LogP contribution in [0.4, 0.5) is 5.82 Å². The zero-order chi connectivity index (χ0) is 14.3. The highest BCUT2D eigenvalue weighted by molar-refractivity contribution is 9.11. The maximum Gasteiger partial charge on any atom is 0.129 e. The van der Waals surface area contributed by atoms with Gasteiger partial charge in [-0.15, -0.1) is 11.3 Å². The third-order valence-electron chi connectivity index (χ3n) is 3.04. The number of nitrogens with zero attached hydrogens (tertiary/aromatic N) is 2. The topological polar surface area (TPSA) is 43.8 Å². The van der Waals surface area contributed by atoms with Crippen LogP contribution < -0.4 is 5.73 Å². The highest BCUT2D eigenvalue weighted by Gasteiger charge is 2.20. The van der Waals surface area contributed by atoms with Gasteiger partial charge in [0.15, 0.2) is 0 Å². The number of aromatic nitrogens is 2. The van der Waals surface area contributed by atoms with E-state index in [4.69, 9.17) is 5.73 Å². The van der Waals surface area contributed by atoms with E-state index in [0.717, 1.165) is 30.0 Å². The number of hydrogen-bond acceptors (Lipinski definition) is 3. The largest absolute Gasteiger partial charge is 0.383 e. The number of benzene rings is 1. The summed E-state index contributed by atoms with van der Waals surface area (Å²) in [5.41, 5.74) is 9.15. The summed E-state index contributed by atoms with van der Waals surface area (Å²) in [6.07, 6.45) is 0. The smallest absolute Gasteiger partial charge is 0.129 e. The van der Waals surface area contributed by atoms with Gasteiger partial charge in [0.25, 0.3) is 0 Å². The molecule has 0 spiro atoms. The first-order chi connectivity index (χ1) is 9.58. The molecule has 2 heterocycles. The second kappa shape index (κ2) is 5.35. The van der Waals surface area contributed by atoms with Gasteiger partial charge in [-0.3, -0.25) is 4.68 Å². The van der Waals surface area contributed by atoms with E-state index in [1.807, 2.05) is 37.4 Å². The lowest BCUT2D eigenvalue weighted by Gasteiger charge is -2.05. The summed E-state index contributed by atoms with van der Waals surface area (Å²) in [6.45, 7) is 0. The fourth-order valence-corrected chi connectivity index (χ4v) is 3.94. The molecule has 20 heavy (non-hydrogen) atoms. The van der Waals surface area contributed by atoms with Crippen LogP contribution in [0.25, 0.3) is 21.7 Å². The number of thiophene rings is 1. The lowest BCUT2D eigenvalue weighted by molar-refractivity contribution is 0.783. The summed E-state index contributed by atoms with van der Waals surface area (Å²) in [7, 11) is 1.86. The summed E-state index contributed by atoms with van der Waals surface area (Å²) in [6, 6.07) is 12.1. The molecule has 2 aromatic heterocycles. The van der Waals surface area contributed by atoms with Crippen LogP contribution >= 0.6 is 43.2 Å². The molecule has 0 fully saturated rings. The second-order valence-electron chi connectivity index (χ2n) is 4.32. The molecule has 3 rings (SSSR count). The lowest BCUT2D eigenvalue weighted by atomic mass is 10.0. The van der Waals surface area contributed by atoms with E-state index in [9.17, 15) is 0 Å². The van der Waals surface area contributed by atoms with Crippen molar-refractivity contribution in [3.05, 3.63) is 44.7 Å². The van der Waals surface area contributed by atoms with E-state index in [2.05, 4.69) is 43.0 Å². The number of aryl methyl sites for hydroxylation is 1. The third kappa shape index (κ3) is 2.32. The highest BCUT2D eigenvalue weighted by Crippen LogP contribution is 2.42. The average Bonchev–Trinajstić information content (AvgIpc) is 2.96. The second-order valence-corrected chi connectivity index (χ2v) is 7.63. The molecule has 0 bridgehead atoms. The van der Waals surface area contributed by atoms with Crippen LogP contribution in [-0.2, 0) is 7.05 Å². The van der Waals surface area contributed by atoms with Gasteiger partial charge in [0.05, 0.1) is 14.2 Å². The van der Waals surface area contributed by atoms with Crippen LogP contribution in [0.15, 0.2) is 44.7 Å². The number of nitrogen functional groups attached to an aromatic ring is 1. The Kier molecular flexibility index (Phi) is 3.70. The quantitative estimate of drug-likeness (QED) is 0.648. The van der Waals surface area contributed by atoms with Gasteiger partial charge in [0.1, 0.15) is 11.5 Å². The first-order valence-corrected chi connectivity index (χ1v) is 8.31. The van der Waals surface area contributed by atoms with Gasteiger partial charge in [0, 0.05) is 17.1 Å². The Labute approximate surface area is 137 Å². The summed E-state index contributed by atoms with van der Waals surface area (Å²) in [5, 5.41) is 4.57. The number of nitrogens with two attached hydrogens (primary N) is 1. The molecule has 0 radical (unpaired) electrons. The van der Waals surface area contributed by atoms with Crippen molar-refractivity contribution in [2.75, 3.05) is 5.73 Å². The monoisotopic (exact) mass is 411 g/mol. The SMILES string of the molecule is Cn1nc(-c2ccc(Br)s2)c(-c2ccccc2Br)c1N. The Balaban J connectivity index is 2.28. The third-order valence-corrected chi connectivity index (χ3v) is 5.36. The predicted molar refractivity (Wildman–Crippen MR) is 91.8 cm³/mol. The van der Waals surface area contributed by atoms with E-state index in [1.54, 1.807) is 16.0 Å². The summed E-state index contributed by atoms with van der Waals surface area (Å²) in [5.74, 6) is 0.663. The summed E-state index contributed by atoms with van der Waals surface area (Å²) in [4.78, 5) is 1.09. The van der Waals surface area contributed by atoms with Crippen LogP contribution in [0.3, 0.4) is 0 Å². The van der Waals surface area contributed by atoms with Crippen molar-refractivity contribution in [2.24, 2.45) is 7.05 Å². The minimum absolute atomic E-state index is 0.663. The van der Waals surface area contributed by atoms with Crippen LogP contribution in [0.1, 0.15) is 0 Å². The van der Waals surface area contributed by atoms with E-state index in [1.165, 1.54) is 0 Å². The van der Waals surface area contributed by atoms with Crippen molar-refractivity contribution in [3.63, 3.8) is 0 Å². The standard InChI is InChI=1S/C14H11Br2N3S/c1-19-14(17)12(8-4-2-3-5-9(8)15)13(18-19)10-6-7-11(16)20-10/h2-7H,17H2,1H3. The molecule has 1 aromatic carbocycles. The van der Waals surface area contributed by atoms with Crippen molar-refractivity contribution in [2.45, 2.75) is 0 Å². The molecule has 0 aliphatic rings. The molecule has 0 amide bonds. The number of rotatable bonds is 2. The molecule has 0 atom stereocenters. The minimum Gasteiger partial charge on any atom is -0.383 e. The van der Waals surface area contributed by atoms with Crippen molar-refractivity contribution >= 4 is 49.0 Å². The molecule has 2 N–H and O–H groups in total. The van der Waals surface area contributed by atoms with E-state index >= 15 is 0 Å². The maximum atomic E-state index is 6.22. The van der Waals surface area contributed by atoms with Crippen molar-refractivity contribution < 1.29 is 0 Å². The molecular weight excluding hydrogens is 402 g/mol. The first-order valence-electron chi connectivity index (χ1n) is 5.91. The number of anilines is 1. The zero-order valence-electron chi connectivity index (χ0n) is 10.6. The van der Waals surface area contributed by atoms with Gasteiger partial charge in [0.2, 0.25) is 0 Å². The average molecular weight is 413 g/mol.